The van der Waals surface area contributed by atoms with Crippen molar-refractivity contribution < 1.29 is 0 Å². The standard InChI is InChI=1S/C15H17N3/c1-4-17(3)12-7-8-18-14-9-11(2)5-6-13(14)16-15(18)10-12/h5-10H,4H2,1-3H3. The van der Waals surface area contributed by atoms with Gasteiger partial charge in [-0.15, -0.1) is 0 Å². The van der Waals surface area contributed by atoms with Crippen LogP contribution < -0.4 is 4.90 Å². The molecule has 0 aliphatic heterocycles. The predicted molar refractivity (Wildman–Crippen MR) is 76.4 cm³/mol. The normalized spacial score (nSPS) is 11.3. The van der Waals surface area contributed by atoms with Gasteiger partial charge in [0.25, 0.3) is 0 Å². The molecule has 0 unspecified atom stereocenters. The first-order valence-electron chi connectivity index (χ1n) is 6.28. The Bertz CT molecular complexity index is 712. The van der Waals surface area contributed by atoms with Crippen LogP contribution in [-0.4, -0.2) is 23.0 Å². The van der Waals surface area contributed by atoms with Gasteiger partial charge in [0, 0.05) is 31.5 Å². The Balaban J connectivity index is 2.27. The minimum absolute atomic E-state index is 0.996. The van der Waals surface area contributed by atoms with E-state index in [4.69, 9.17) is 0 Å². The molecule has 0 saturated heterocycles. The van der Waals surface area contributed by atoms with E-state index >= 15 is 0 Å². The molecule has 0 atom stereocenters. The Morgan fingerprint density at radius 2 is 2.06 bits per heavy atom. The summed E-state index contributed by atoms with van der Waals surface area (Å²) >= 11 is 0. The Kier molecular flexibility index (Phi) is 2.47. The minimum Gasteiger partial charge on any atom is -0.375 e. The second-order valence-electron chi connectivity index (χ2n) is 4.73. The summed E-state index contributed by atoms with van der Waals surface area (Å²) in [5, 5.41) is 0. The maximum atomic E-state index is 4.67. The lowest BCUT2D eigenvalue weighted by Crippen LogP contribution is -2.15. The average Bonchev–Trinajstić information content (AvgIpc) is 2.74. The predicted octanol–water partition coefficient (Wildman–Crippen LogP) is 3.25. The van der Waals surface area contributed by atoms with Gasteiger partial charge in [-0.3, -0.25) is 4.40 Å². The molecule has 1 aromatic carbocycles. The third-order valence-electron chi connectivity index (χ3n) is 3.46. The van der Waals surface area contributed by atoms with Crippen LogP contribution in [0.25, 0.3) is 16.7 Å². The van der Waals surface area contributed by atoms with Gasteiger partial charge in [-0.1, -0.05) is 6.07 Å². The van der Waals surface area contributed by atoms with Crippen LogP contribution in [0.2, 0.25) is 0 Å². The number of rotatable bonds is 2. The SMILES string of the molecule is CCN(C)c1ccn2c(c1)nc1ccc(C)cc12. The molecule has 0 amide bonds. The third kappa shape index (κ3) is 1.63. The van der Waals surface area contributed by atoms with Crippen LogP contribution in [0, 0.1) is 6.92 Å². The van der Waals surface area contributed by atoms with E-state index < -0.39 is 0 Å². The number of imidazole rings is 1. The highest BCUT2D eigenvalue weighted by atomic mass is 15.1. The largest absolute Gasteiger partial charge is 0.375 e. The molecule has 3 heteroatoms. The van der Waals surface area contributed by atoms with E-state index in [2.05, 4.69) is 71.7 Å². The molecular formula is C15H17N3. The molecule has 2 heterocycles. The van der Waals surface area contributed by atoms with E-state index in [0.717, 1.165) is 17.7 Å². The highest BCUT2D eigenvalue weighted by molar-refractivity contribution is 5.82. The van der Waals surface area contributed by atoms with Crippen molar-refractivity contribution in [3.8, 4) is 0 Å². The van der Waals surface area contributed by atoms with E-state index in [-0.39, 0.29) is 0 Å². The molecular weight excluding hydrogens is 222 g/mol. The summed E-state index contributed by atoms with van der Waals surface area (Å²) in [6, 6.07) is 10.6. The quantitative estimate of drug-likeness (QED) is 0.684. The van der Waals surface area contributed by atoms with Gasteiger partial charge in [-0.25, -0.2) is 4.98 Å². The molecule has 0 N–H and O–H groups in total. The van der Waals surface area contributed by atoms with Crippen molar-refractivity contribution in [2.45, 2.75) is 13.8 Å². The molecule has 0 aliphatic rings. The summed E-state index contributed by atoms with van der Waals surface area (Å²) < 4.78 is 2.15. The first-order valence-corrected chi connectivity index (χ1v) is 6.28. The molecule has 3 rings (SSSR count). The number of pyridine rings is 1. The lowest BCUT2D eigenvalue weighted by atomic mass is 10.2. The van der Waals surface area contributed by atoms with Gasteiger partial charge < -0.3 is 4.90 Å². The van der Waals surface area contributed by atoms with Gasteiger partial charge in [0.05, 0.1) is 11.0 Å². The fraction of sp³-hybridized carbons (Fsp3) is 0.267. The van der Waals surface area contributed by atoms with Crippen molar-refractivity contribution in [2.75, 3.05) is 18.5 Å². The van der Waals surface area contributed by atoms with Gasteiger partial charge in [-0.2, -0.15) is 0 Å². The van der Waals surface area contributed by atoms with E-state index in [0.29, 0.717) is 0 Å². The molecule has 0 aliphatic carbocycles. The van der Waals surface area contributed by atoms with Crippen LogP contribution in [0.3, 0.4) is 0 Å². The molecule has 18 heavy (non-hydrogen) atoms. The van der Waals surface area contributed by atoms with Crippen LogP contribution in [-0.2, 0) is 0 Å². The van der Waals surface area contributed by atoms with Crippen LogP contribution in [0.4, 0.5) is 5.69 Å². The highest BCUT2D eigenvalue weighted by Gasteiger charge is 2.06. The zero-order valence-electron chi connectivity index (χ0n) is 11.0. The van der Waals surface area contributed by atoms with Crippen LogP contribution in [0.15, 0.2) is 36.5 Å². The summed E-state index contributed by atoms with van der Waals surface area (Å²) in [7, 11) is 2.10. The summed E-state index contributed by atoms with van der Waals surface area (Å²) in [6.07, 6.45) is 2.10. The molecule has 2 aromatic heterocycles. The van der Waals surface area contributed by atoms with Crippen molar-refractivity contribution in [3.63, 3.8) is 0 Å². The maximum Gasteiger partial charge on any atom is 0.139 e. The summed E-state index contributed by atoms with van der Waals surface area (Å²) in [5.74, 6) is 0. The molecule has 3 nitrogen and oxygen atoms in total. The molecule has 0 bridgehead atoms. The number of hydrogen-bond donors (Lipinski definition) is 0. The van der Waals surface area contributed by atoms with Gasteiger partial charge >= 0.3 is 0 Å². The van der Waals surface area contributed by atoms with E-state index in [1.54, 1.807) is 0 Å². The fourth-order valence-corrected chi connectivity index (χ4v) is 2.23. The maximum absolute atomic E-state index is 4.67. The Morgan fingerprint density at radius 1 is 1.22 bits per heavy atom. The number of aromatic nitrogens is 2. The smallest absolute Gasteiger partial charge is 0.139 e. The van der Waals surface area contributed by atoms with Gasteiger partial charge in [0.2, 0.25) is 0 Å². The average molecular weight is 239 g/mol. The van der Waals surface area contributed by atoms with E-state index in [1.807, 2.05) is 0 Å². The van der Waals surface area contributed by atoms with Crippen molar-refractivity contribution in [1.82, 2.24) is 9.38 Å². The zero-order chi connectivity index (χ0) is 12.7. The van der Waals surface area contributed by atoms with Crippen molar-refractivity contribution in [1.29, 1.82) is 0 Å². The van der Waals surface area contributed by atoms with Crippen molar-refractivity contribution in [3.05, 3.63) is 42.1 Å². The first-order chi connectivity index (χ1) is 8.69. The fourth-order valence-electron chi connectivity index (χ4n) is 2.23. The van der Waals surface area contributed by atoms with Gasteiger partial charge in [0.15, 0.2) is 0 Å². The molecule has 0 radical (unpaired) electrons. The van der Waals surface area contributed by atoms with Crippen molar-refractivity contribution >= 4 is 22.4 Å². The Hall–Kier alpha value is -2.03. The number of nitrogens with zero attached hydrogens (tertiary/aromatic N) is 3. The van der Waals surface area contributed by atoms with Crippen LogP contribution >= 0.6 is 0 Å². The lowest BCUT2D eigenvalue weighted by molar-refractivity contribution is 0.965. The Morgan fingerprint density at radius 3 is 2.83 bits per heavy atom. The third-order valence-corrected chi connectivity index (χ3v) is 3.46. The number of fused-ring (bicyclic) bond motifs is 3. The summed E-state index contributed by atoms with van der Waals surface area (Å²) in [6.45, 7) is 5.25. The molecule has 3 aromatic rings. The highest BCUT2D eigenvalue weighted by Crippen LogP contribution is 2.21. The monoisotopic (exact) mass is 239 g/mol. The van der Waals surface area contributed by atoms with E-state index in [9.17, 15) is 0 Å². The number of anilines is 1. The summed E-state index contributed by atoms with van der Waals surface area (Å²) in [4.78, 5) is 6.88. The molecule has 0 fully saturated rings. The molecule has 0 saturated carbocycles. The second-order valence-corrected chi connectivity index (χ2v) is 4.73. The second kappa shape index (κ2) is 4.02. The topological polar surface area (TPSA) is 20.5 Å². The number of benzene rings is 1. The Labute approximate surface area is 107 Å². The molecule has 0 spiro atoms. The van der Waals surface area contributed by atoms with Crippen molar-refractivity contribution in [2.24, 2.45) is 0 Å². The lowest BCUT2D eigenvalue weighted by Gasteiger charge is -2.16. The van der Waals surface area contributed by atoms with Crippen LogP contribution in [0.1, 0.15) is 12.5 Å². The number of aryl methyl sites for hydroxylation is 1. The first kappa shape index (κ1) is 11.1. The van der Waals surface area contributed by atoms with Crippen LogP contribution in [0.5, 0.6) is 0 Å². The van der Waals surface area contributed by atoms with Gasteiger partial charge in [-0.05, 0) is 37.6 Å². The van der Waals surface area contributed by atoms with E-state index in [1.165, 1.54) is 16.8 Å². The van der Waals surface area contributed by atoms with Gasteiger partial charge in [0.1, 0.15) is 5.65 Å². The summed E-state index contributed by atoms with van der Waals surface area (Å²) in [5.41, 5.74) is 5.71. The molecule has 92 valence electrons. The minimum atomic E-state index is 0.996. The zero-order valence-corrected chi connectivity index (χ0v) is 11.0. The number of hydrogen-bond acceptors (Lipinski definition) is 2.